The van der Waals surface area contributed by atoms with Crippen LogP contribution < -0.4 is 10.1 Å². The second-order valence-corrected chi connectivity index (χ2v) is 7.12. The Balaban J connectivity index is 1.48. The normalized spacial score (nSPS) is 14.3. The van der Waals surface area contributed by atoms with E-state index in [0.717, 1.165) is 0 Å². The Morgan fingerprint density at radius 1 is 1.00 bits per heavy atom. The summed E-state index contributed by atoms with van der Waals surface area (Å²) in [7, 11) is 0. The molecule has 2 amide bonds. The number of carbonyl (C=O) groups excluding carboxylic acids is 3. The highest BCUT2D eigenvalue weighted by molar-refractivity contribution is 6.33. The lowest BCUT2D eigenvalue weighted by Gasteiger charge is -2.34. The summed E-state index contributed by atoms with van der Waals surface area (Å²) in [6.45, 7) is 3.84. The third kappa shape index (κ3) is 5.79. The van der Waals surface area contributed by atoms with Crippen LogP contribution in [0.1, 0.15) is 17.3 Å². The zero-order valence-electron chi connectivity index (χ0n) is 16.1. The van der Waals surface area contributed by atoms with Crippen molar-refractivity contribution in [3.63, 3.8) is 0 Å². The summed E-state index contributed by atoms with van der Waals surface area (Å²) in [5, 5.41) is 3.30. The maximum absolute atomic E-state index is 12.6. The summed E-state index contributed by atoms with van der Waals surface area (Å²) in [4.78, 5) is 39.6. The molecule has 1 fully saturated rings. The van der Waals surface area contributed by atoms with Gasteiger partial charge in [0, 0.05) is 38.7 Å². The van der Waals surface area contributed by atoms with E-state index < -0.39 is 5.97 Å². The fraction of sp³-hybridized carbons (Fsp3) is 0.286. The zero-order valence-corrected chi connectivity index (χ0v) is 16.8. The lowest BCUT2D eigenvalue weighted by molar-refractivity contribution is -0.131. The van der Waals surface area contributed by atoms with Crippen molar-refractivity contribution in [2.24, 2.45) is 0 Å². The third-order valence-corrected chi connectivity index (χ3v) is 4.87. The minimum absolute atomic E-state index is 0.0838. The second-order valence-electron chi connectivity index (χ2n) is 6.71. The number of nitrogens with zero attached hydrogens (tertiary/aromatic N) is 2. The molecule has 0 saturated carbocycles. The fourth-order valence-corrected chi connectivity index (χ4v) is 3.26. The molecule has 3 rings (SSSR count). The molecule has 1 saturated heterocycles. The molecule has 0 aliphatic carbocycles. The Kier molecular flexibility index (Phi) is 6.85. The van der Waals surface area contributed by atoms with Crippen molar-refractivity contribution in [1.29, 1.82) is 0 Å². The molecule has 1 aliphatic heterocycles. The molecule has 7 nitrogen and oxygen atoms in total. The molecule has 0 aromatic heterocycles. The highest BCUT2D eigenvalue weighted by Gasteiger charge is 2.23. The van der Waals surface area contributed by atoms with Crippen molar-refractivity contribution >= 4 is 35.1 Å². The van der Waals surface area contributed by atoms with Gasteiger partial charge in [0.15, 0.2) is 0 Å². The monoisotopic (exact) mass is 415 g/mol. The Bertz CT molecular complexity index is 893. The van der Waals surface area contributed by atoms with E-state index in [-0.39, 0.29) is 18.4 Å². The summed E-state index contributed by atoms with van der Waals surface area (Å²) < 4.78 is 4.98. The lowest BCUT2D eigenvalue weighted by atomic mass is 10.1. The summed E-state index contributed by atoms with van der Waals surface area (Å²) in [6.07, 6.45) is 0. The van der Waals surface area contributed by atoms with E-state index in [1.54, 1.807) is 47.4 Å². The molecule has 0 radical (unpaired) electrons. The van der Waals surface area contributed by atoms with Crippen LogP contribution in [0.4, 0.5) is 5.69 Å². The smallest absolute Gasteiger partial charge is 0.308 e. The van der Waals surface area contributed by atoms with Gasteiger partial charge in [-0.25, -0.2) is 0 Å². The first-order valence-corrected chi connectivity index (χ1v) is 9.64. The predicted octanol–water partition coefficient (Wildman–Crippen LogP) is 2.66. The molecule has 0 atom stereocenters. The lowest BCUT2D eigenvalue weighted by Crippen LogP contribution is -2.50. The molecular weight excluding hydrogens is 394 g/mol. The van der Waals surface area contributed by atoms with E-state index in [1.165, 1.54) is 6.92 Å². The average molecular weight is 416 g/mol. The van der Waals surface area contributed by atoms with Gasteiger partial charge in [-0.2, -0.15) is 0 Å². The van der Waals surface area contributed by atoms with Gasteiger partial charge in [0.2, 0.25) is 5.91 Å². The number of piperazine rings is 1. The molecular formula is C21H22ClN3O4. The summed E-state index contributed by atoms with van der Waals surface area (Å²) >= 11 is 6.06. The molecule has 1 aliphatic rings. The average Bonchev–Trinajstić information content (AvgIpc) is 2.70. The van der Waals surface area contributed by atoms with Crippen molar-refractivity contribution in [3.05, 3.63) is 59.1 Å². The molecule has 29 heavy (non-hydrogen) atoms. The van der Waals surface area contributed by atoms with Crippen LogP contribution in [0.5, 0.6) is 5.75 Å². The van der Waals surface area contributed by atoms with Gasteiger partial charge < -0.3 is 15.0 Å². The standard InChI is InChI=1S/C21H22ClN3O4/c1-15(26)29-17-8-6-16(7-9-17)21(28)25-12-10-24(11-13-25)14-20(27)23-19-5-3-2-4-18(19)22/h2-9H,10-14H2,1H3,(H,23,27). The first kappa shape index (κ1) is 20.8. The molecule has 2 aromatic carbocycles. The number of ether oxygens (including phenoxy) is 1. The van der Waals surface area contributed by atoms with Gasteiger partial charge in [0.05, 0.1) is 17.3 Å². The number of esters is 1. The molecule has 2 aromatic rings. The van der Waals surface area contributed by atoms with Crippen LogP contribution in [0.2, 0.25) is 5.02 Å². The van der Waals surface area contributed by atoms with Crippen LogP contribution in [0.15, 0.2) is 48.5 Å². The number of hydrogen-bond acceptors (Lipinski definition) is 5. The van der Waals surface area contributed by atoms with Crippen molar-refractivity contribution < 1.29 is 19.1 Å². The van der Waals surface area contributed by atoms with E-state index >= 15 is 0 Å². The topological polar surface area (TPSA) is 79.0 Å². The fourth-order valence-electron chi connectivity index (χ4n) is 3.08. The van der Waals surface area contributed by atoms with Gasteiger partial charge in [-0.3, -0.25) is 19.3 Å². The zero-order chi connectivity index (χ0) is 20.8. The molecule has 1 heterocycles. The maximum Gasteiger partial charge on any atom is 0.308 e. The van der Waals surface area contributed by atoms with Crippen LogP contribution in [-0.4, -0.2) is 60.3 Å². The number of hydrogen-bond donors (Lipinski definition) is 1. The van der Waals surface area contributed by atoms with Crippen LogP contribution in [0.3, 0.4) is 0 Å². The van der Waals surface area contributed by atoms with Crippen molar-refractivity contribution in [1.82, 2.24) is 9.80 Å². The van der Waals surface area contributed by atoms with Crippen LogP contribution in [0.25, 0.3) is 0 Å². The number of anilines is 1. The van der Waals surface area contributed by atoms with Crippen molar-refractivity contribution in [3.8, 4) is 5.75 Å². The van der Waals surface area contributed by atoms with Gasteiger partial charge >= 0.3 is 5.97 Å². The highest BCUT2D eigenvalue weighted by Crippen LogP contribution is 2.20. The first-order valence-electron chi connectivity index (χ1n) is 9.27. The number of carbonyl (C=O) groups is 3. The molecule has 0 unspecified atom stereocenters. The van der Waals surface area contributed by atoms with E-state index in [0.29, 0.717) is 48.2 Å². The summed E-state index contributed by atoms with van der Waals surface area (Å²) in [6, 6.07) is 13.6. The maximum atomic E-state index is 12.6. The molecule has 152 valence electrons. The van der Waals surface area contributed by atoms with E-state index in [4.69, 9.17) is 16.3 Å². The van der Waals surface area contributed by atoms with Gasteiger partial charge in [-0.1, -0.05) is 23.7 Å². The van der Waals surface area contributed by atoms with E-state index in [9.17, 15) is 14.4 Å². The Morgan fingerprint density at radius 3 is 2.28 bits per heavy atom. The van der Waals surface area contributed by atoms with E-state index in [2.05, 4.69) is 5.32 Å². The SMILES string of the molecule is CC(=O)Oc1ccc(C(=O)N2CCN(CC(=O)Nc3ccccc3Cl)CC2)cc1. The molecule has 8 heteroatoms. The molecule has 1 N–H and O–H groups in total. The number of rotatable bonds is 5. The minimum Gasteiger partial charge on any atom is -0.427 e. The number of nitrogens with one attached hydrogen (secondary N) is 1. The predicted molar refractivity (Wildman–Crippen MR) is 110 cm³/mol. The Labute approximate surface area is 174 Å². The van der Waals surface area contributed by atoms with Crippen LogP contribution in [-0.2, 0) is 9.59 Å². The second kappa shape index (κ2) is 9.54. The van der Waals surface area contributed by atoms with E-state index in [1.807, 2.05) is 11.0 Å². The first-order chi connectivity index (χ1) is 13.9. The molecule has 0 bridgehead atoms. The largest absolute Gasteiger partial charge is 0.427 e. The quantitative estimate of drug-likeness (QED) is 0.600. The van der Waals surface area contributed by atoms with Crippen molar-refractivity contribution in [2.75, 3.05) is 38.0 Å². The highest BCUT2D eigenvalue weighted by atomic mass is 35.5. The van der Waals surface area contributed by atoms with Crippen LogP contribution in [0, 0.1) is 0 Å². The third-order valence-electron chi connectivity index (χ3n) is 4.54. The number of halogens is 1. The Hall–Kier alpha value is -2.90. The number of amides is 2. The van der Waals surface area contributed by atoms with Gasteiger partial charge in [0.25, 0.3) is 5.91 Å². The van der Waals surface area contributed by atoms with Crippen LogP contribution >= 0.6 is 11.6 Å². The van der Waals surface area contributed by atoms with Gasteiger partial charge in [0.1, 0.15) is 5.75 Å². The summed E-state index contributed by atoms with van der Waals surface area (Å²) in [5.74, 6) is -0.222. The summed E-state index contributed by atoms with van der Waals surface area (Å²) in [5.41, 5.74) is 1.12. The van der Waals surface area contributed by atoms with Crippen molar-refractivity contribution in [2.45, 2.75) is 6.92 Å². The van der Waals surface area contributed by atoms with Gasteiger partial charge in [-0.15, -0.1) is 0 Å². The number of para-hydroxylation sites is 1. The Morgan fingerprint density at radius 2 is 1.66 bits per heavy atom. The minimum atomic E-state index is -0.404. The van der Waals surface area contributed by atoms with Gasteiger partial charge in [-0.05, 0) is 36.4 Å². The molecule has 0 spiro atoms. The number of benzene rings is 2.